The van der Waals surface area contributed by atoms with Gasteiger partial charge in [0.25, 0.3) is 0 Å². The minimum atomic E-state index is 0.624. The number of aromatic nitrogens is 4. The van der Waals surface area contributed by atoms with Crippen molar-refractivity contribution in [3.63, 3.8) is 0 Å². The van der Waals surface area contributed by atoms with Crippen LogP contribution in [0, 0.1) is 0 Å². The summed E-state index contributed by atoms with van der Waals surface area (Å²) in [5.41, 5.74) is 5.39. The SMILES string of the molecule is On1c2ccc1cc1nc(cc3ccc(cc4nc(c2)C=C4)n3O)C=C1. The Morgan fingerprint density at radius 1 is 0.500 bits per heavy atom. The van der Waals surface area contributed by atoms with Crippen LogP contribution in [0.3, 0.4) is 0 Å². The Bertz CT molecular complexity index is 1080. The average molecular weight is 342 g/mol. The Hall–Kier alpha value is -3.80. The van der Waals surface area contributed by atoms with Crippen LogP contribution in [0.25, 0.3) is 46.4 Å². The molecular weight excluding hydrogens is 328 g/mol. The molecule has 3 aromatic heterocycles. The van der Waals surface area contributed by atoms with Crippen molar-refractivity contribution in [1.82, 2.24) is 19.4 Å². The smallest absolute Gasteiger partial charge is 0.0821 e. The van der Waals surface area contributed by atoms with Gasteiger partial charge < -0.3 is 10.4 Å². The minimum absolute atomic E-state index is 0.624. The lowest BCUT2D eigenvalue weighted by Crippen LogP contribution is -1.89. The van der Waals surface area contributed by atoms with E-state index in [2.05, 4.69) is 9.97 Å². The molecule has 2 N–H and O–H groups in total. The van der Waals surface area contributed by atoms with Crippen LogP contribution in [-0.2, 0) is 0 Å². The highest BCUT2D eigenvalue weighted by atomic mass is 16.5. The maximum Gasteiger partial charge on any atom is 0.0821 e. The average Bonchev–Trinajstić information content (AvgIpc) is 3.39. The number of hydrogen-bond acceptors (Lipinski definition) is 4. The second-order valence-corrected chi connectivity index (χ2v) is 6.16. The normalized spacial score (nSPS) is 12.6. The fraction of sp³-hybridized carbons (Fsp3) is 0. The van der Waals surface area contributed by atoms with Crippen LogP contribution in [0.5, 0.6) is 0 Å². The van der Waals surface area contributed by atoms with E-state index >= 15 is 0 Å². The number of hydrogen-bond donors (Lipinski definition) is 2. The standard InChI is InChI=1S/C20H14N4O2/c25-23-17-5-6-19(23)11-15-3-4-16(22-15)12-20-8-7-18(24(20)26)10-14-2-1-13(9-17)21-14/h1-12,25-26H. The molecule has 0 fully saturated rings. The van der Waals surface area contributed by atoms with E-state index in [9.17, 15) is 10.4 Å². The third kappa shape index (κ3) is 2.36. The molecule has 5 heterocycles. The van der Waals surface area contributed by atoms with Gasteiger partial charge in [0.15, 0.2) is 0 Å². The van der Waals surface area contributed by atoms with Crippen molar-refractivity contribution in [1.29, 1.82) is 0 Å². The highest BCUT2D eigenvalue weighted by Gasteiger charge is 2.05. The molecule has 0 aliphatic carbocycles. The Balaban J connectivity index is 1.91. The van der Waals surface area contributed by atoms with E-state index in [1.807, 2.05) is 48.6 Å². The second-order valence-electron chi connectivity index (χ2n) is 6.16. The molecule has 8 bridgehead atoms. The maximum atomic E-state index is 10.4. The van der Waals surface area contributed by atoms with Gasteiger partial charge in [0, 0.05) is 0 Å². The summed E-state index contributed by atoms with van der Waals surface area (Å²) in [6.45, 7) is 0. The molecule has 2 aliphatic rings. The summed E-state index contributed by atoms with van der Waals surface area (Å²) in [4.78, 5) is 9.02. The van der Waals surface area contributed by atoms with Crippen molar-refractivity contribution in [3.05, 3.63) is 71.3 Å². The lowest BCUT2D eigenvalue weighted by atomic mass is 10.3. The predicted octanol–water partition coefficient (Wildman–Crippen LogP) is 4.08. The van der Waals surface area contributed by atoms with Crippen LogP contribution < -0.4 is 0 Å². The molecule has 5 rings (SSSR count). The molecule has 26 heavy (non-hydrogen) atoms. The van der Waals surface area contributed by atoms with Crippen LogP contribution in [-0.4, -0.2) is 29.8 Å². The summed E-state index contributed by atoms with van der Waals surface area (Å²) in [6.07, 6.45) is 7.45. The molecule has 0 radical (unpaired) electrons. The third-order valence-corrected chi connectivity index (χ3v) is 4.38. The van der Waals surface area contributed by atoms with E-state index in [1.54, 1.807) is 24.3 Å². The highest BCUT2D eigenvalue weighted by molar-refractivity contribution is 5.77. The molecule has 6 heteroatoms. The summed E-state index contributed by atoms with van der Waals surface area (Å²) in [6, 6.07) is 14.5. The molecule has 0 spiro atoms. The van der Waals surface area contributed by atoms with E-state index in [-0.39, 0.29) is 0 Å². The fourth-order valence-corrected chi connectivity index (χ4v) is 3.08. The van der Waals surface area contributed by atoms with Gasteiger partial charge in [-0.25, -0.2) is 9.97 Å². The number of nitrogens with zero attached hydrogens (tertiary/aromatic N) is 4. The van der Waals surface area contributed by atoms with Gasteiger partial charge in [0.2, 0.25) is 0 Å². The Morgan fingerprint density at radius 2 is 0.769 bits per heavy atom. The van der Waals surface area contributed by atoms with Crippen molar-refractivity contribution in [2.75, 3.05) is 0 Å². The van der Waals surface area contributed by atoms with E-state index in [0.717, 1.165) is 32.2 Å². The van der Waals surface area contributed by atoms with Crippen LogP contribution in [0.4, 0.5) is 0 Å². The fourth-order valence-electron chi connectivity index (χ4n) is 3.08. The van der Waals surface area contributed by atoms with Gasteiger partial charge in [-0.3, -0.25) is 0 Å². The first-order chi connectivity index (χ1) is 12.7. The van der Waals surface area contributed by atoms with Crippen LogP contribution in [0.2, 0.25) is 0 Å². The summed E-state index contributed by atoms with van der Waals surface area (Å²) in [7, 11) is 0. The molecule has 3 aromatic rings. The van der Waals surface area contributed by atoms with E-state index in [0.29, 0.717) is 22.1 Å². The van der Waals surface area contributed by atoms with E-state index in [4.69, 9.17) is 0 Å². The molecule has 0 amide bonds. The zero-order valence-corrected chi connectivity index (χ0v) is 13.6. The summed E-state index contributed by atoms with van der Waals surface area (Å²) < 4.78 is 2.23. The molecule has 126 valence electrons. The summed E-state index contributed by atoms with van der Waals surface area (Å²) in [5, 5.41) is 20.8. The molecule has 2 aliphatic heterocycles. The predicted molar refractivity (Wildman–Crippen MR) is 101 cm³/mol. The van der Waals surface area contributed by atoms with Crippen molar-refractivity contribution in [2.24, 2.45) is 0 Å². The van der Waals surface area contributed by atoms with Gasteiger partial charge >= 0.3 is 0 Å². The molecule has 0 atom stereocenters. The second kappa shape index (κ2) is 5.35. The van der Waals surface area contributed by atoms with Crippen LogP contribution >= 0.6 is 0 Å². The number of rotatable bonds is 0. The van der Waals surface area contributed by atoms with Gasteiger partial charge in [-0.1, -0.05) is 0 Å². The Labute approximate surface area is 148 Å². The van der Waals surface area contributed by atoms with Crippen molar-refractivity contribution in [2.45, 2.75) is 0 Å². The Kier molecular flexibility index (Phi) is 2.99. The molecule has 0 saturated carbocycles. The van der Waals surface area contributed by atoms with Gasteiger partial charge in [-0.05, 0) is 72.8 Å². The first-order valence-electron chi connectivity index (χ1n) is 8.14. The van der Waals surface area contributed by atoms with Gasteiger partial charge in [-0.15, -0.1) is 0 Å². The number of fused-ring (bicyclic) bond motifs is 8. The topological polar surface area (TPSA) is 76.1 Å². The van der Waals surface area contributed by atoms with Gasteiger partial charge in [0.1, 0.15) is 0 Å². The Morgan fingerprint density at radius 3 is 1.04 bits per heavy atom. The van der Waals surface area contributed by atoms with Crippen LogP contribution in [0.1, 0.15) is 22.8 Å². The molecule has 0 saturated heterocycles. The quantitative estimate of drug-likeness (QED) is 0.416. The van der Waals surface area contributed by atoms with Crippen molar-refractivity contribution < 1.29 is 10.4 Å². The molecular formula is C20H14N4O2. The summed E-state index contributed by atoms with van der Waals surface area (Å²) >= 11 is 0. The monoisotopic (exact) mass is 342 g/mol. The largest absolute Gasteiger partial charge is 0.428 e. The lowest BCUT2D eigenvalue weighted by molar-refractivity contribution is 0.212. The van der Waals surface area contributed by atoms with Gasteiger partial charge in [0.05, 0.1) is 44.8 Å². The van der Waals surface area contributed by atoms with Crippen LogP contribution in [0.15, 0.2) is 48.5 Å². The maximum absolute atomic E-state index is 10.4. The van der Waals surface area contributed by atoms with Gasteiger partial charge in [-0.2, -0.15) is 9.46 Å². The molecule has 0 aromatic carbocycles. The first kappa shape index (κ1) is 14.5. The van der Waals surface area contributed by atoms with Crippen molar-refractivity contribution in [3.8, 4) is 0 Å². The zero-order valence-electron chi connectivity index (χ0n) is 13.6. The minimum Gasteiger partial charge on any atom is -0.428 e. The lowest BCUT2D eigenvalue weighted by Gasteiger charge is -1.95. The van der Waals surface area contributed by atoms with E-state index in [1.165, 1.54) is 0 Å². The van der Waals surface area contributed by atoms with Crippen molar-refractivity contribution >= 4 is 46.4 Å². The van der Waals surface area contributed by atoms with E-state index < -0.39 is 0 Å². The first-order valence-corrected chi connectivity index (χ1v) is 8.14. The molecule has 6 nitrogen and oxygen atoms in total. The highest BCUT2D eigenvalue weighted by Crippen LogP contribution is 2.19. The third-order valence-electron chi connectivity index (χ3n) is 4.38. The summed E-state index contributed by atoms with van der Waals surface area (Å²) in [5.74, 6) is 0. The zero-order chi connectivity index (χ0) is 17.7. The molecule has 0 unspecified atom stereocenters.